The maximum atomic E-state index is 11.6. The molecule has 0 aromatic heterocycles. The van der Waals surface area contributed by atoms with Crippen molar-refractivity contribution >= 4 is 23.9 Å². The zero-order valence-electron chi connectivity index (χ0n) is 12.0. The van der Waals surface area contributed by atoms with Gasteiger partial charge in [-0.2, -0.15) is 0 Å². The Morgan fingerprint density at radius 3 is 2.30 bits per heavy atom. The molecule has 23 heavy (non-hydrogen) atoms. The Bertz CT molecular complexity index is 574. The molecule has 4 N–H and O–H groups in total. The van der Waals surface area contributed by atoms with E-state index in [-0.39, 0.29) is 19.6 Å². The van der Waals surface area contributed by atoms with Crippen LogP contribution in [0.4, 0.5) is 4.79 Å². The molecule has 1 rings (SSSR count). The normalized spacial score (nSPS) is 11.1. The Hall–Kier alpha value is -3.10. The van der Waals surface area contributed by atoms with Crippen molar-refractivity contribution in [3.8, 4) is 0 Å². The molecule has 9 heteroatoms. The first kappa shape index (κ1) is 18.0. The van der Waals surface area contributed by atoms with Gasteiger partial charge in [0.25, 0.3) is 0 Å². The first-order valence-electron chi connectivity index (χ1n) is 6.61. The SMILES string of the molecule is O=C(N[C@@H](CCNC(=O)C(=O)O)C(=O)O)OCc1ccccc1. The number of amides is 2. The molecule has 1 aromatic rings. The average Bonchev–Trinajstić information content (AvgIpc) is 2.52. The minimum atomic E-state index is -1.67. The van der Waals surface area contributed by atoms with E-state index in [4.69, 9.17) is 14.9 Å². The molecule has 0 fully saturated rings. The minimum absolute atomic E-state index is 0.0191. The zero-order valence-corrected chi connectivity index (χ0v) is 12.0. The Morgan fingerprint density at radius 1 is 1.09 bits per heavy atom. The van der Waals surface area contributed by atoms with Gasteiger partial charge in [0.1, 0.15) is 12.6 Å². The van der Waals surface area contributed by atoms with Gasteiger partial charge in [-0.1, -0.05) is 30.3 Å². The maximum Gasteiger partial charge on any atom is 0.408 e. The van der Waals surface area contributed by atoms with Gasteiger partial charge in [-0.05, 0) is 12.0 Å². The van der Waals surface area contributed by atoms with Crippen LogP contribution < -0.4 is 10.6 Å². The Morgan fingerprint density at radius 2 is 1.74 bits per heavy atom. The lowest BCUT2D eigenvalue weighted by Crippen LogP contribution is -2.43. The predicted molar refractivity (Wildman–Crippen MR) is 76.4 cm³/mol. The molecule has 1 atom stereocenters. The minimum Gasteiger partial charge on any atom is -0.480 e. The van der Waals surface area contributed by atoms with Gasteiger partial charge in [0.05, 0.1) is 0 Å². The van der Waals surface area contributed by atoms with E-state index in [1.807, 2.05) is 5.32 Å². The fourth-order valence-electron chi connectivity index (χ4n) is 1.57. The van der Waals surface area contributed by atoms with E-state index in [0.29, 0.717) is 0 Å². The van der Waals surface area contributed by atoms with Crippen LogP contribution in [0, 0.1) is 0 Å². The molecule has 0 saturated heterocycles. The van der Waals surface area contributed by atoms with Crippen molar-refractivity contribution in [2.75, 3.05) is 6.54 Å². The lowest BCUT2D eigenvalue weighted by Gasteiger charge is -2.14. The number of hydrogen-bond acceptors (Lipinski definition) is 5. The molecular formula is C14H16N2O7. The van der Waals surface area contributed by atoms with Crippen molar-refractivity contribution in [2.45, 2.75) is 19.1 Å². The molecule has 0 saturated carbocycles. The molecule has 0 heterocycles. The van der Waals surface area contributed by atoms with Crippen molar-refractivity contribution in [3.05, 3.63) is 35.9 Å². The van der Waals surface area contributed by atoms with Crippen LogP contribution in [0.1, 0.15) is 12.0 Å². The van der Waals surface area contributed by atoms with Gasteiger partial charge < -0.3 is 25.6 Å². The molecule has 1 aromatic carbocycles. The number of ether oxygens (including phenoxy) is 1. The van der Waals surface area contributed by atoms with Gasteiger partial charge in [-0.25, -0.2) is 14.4 Å². The van der Waals surface area contributed by atoms with Crippen molar-refractivity contribution in [1.29, 1.82) is 0 Å². The van der Waals surface area contributed by atoms with Crippen LogP contribution in [0.5, 0.6) is 0 Å². The predicted octanol–water partition coefficient (Wildman–Crippen LogP) is -0.0431. The maximum absolute atomic E-state index is 11.6. The van der Waals surface area contributed by atoms with Gasteiger partial charge in [0, 0.05) is 6.54 Å². The molecule has 0 aliphatic carbocycles. The fourth-order valence-corrected chi connectivity index (χ4v) is 1.57. The monoisotopic (exact) mass is 324 g/mol. The third-order valence-corrected chi connectivity index (χ3v) is 2.72. The second kappa shape index (κ2) is 9.03. The van der Waals surface area contributed by atoms with E-state index in [9.17, 15) is 19.2 Å². The molecule has 0 radical (unpaired) electrons. The second-order valence-corrected chi connectivity index (χ2v) is 4.45. The molecule has 0 unspecified atom stereocenters. The highest BCUT2D eigenvalue weighted by Crippen LogP contribution is 2.01. The Kier molecular flexibility index (Phi) is 7.05. The zero-order chi connectivity index (χ0) is 17.2. The summed E-state index contributed by atoms with van der Waals surface area (Å²) in [4.78, 5) is 43.7. The van der Waals surface area contributed by atoms with Crippen LogP contribution in [0.25, 0.3) is 0 Å². The third kappa shape index (κ3) is 6.93. The van der Waals surface area contributed by atoms with Gasteiger partial charge in [0.15, 0.2) is 0 Å². The summed E-state index contributed by atoms with van der Waals surface area (Å²) in [6, 6.07) is 7.50. The van der Waals surface area contributed by atoms with Crippen LogP contribution in [0.3, 0.4) is 0 Å². The molecule has 0 aliphatic rings. The summed E-state index contributed by atoms with van der Waals surface area (Å²) >= 11 is 0. The van der Waals surface area contributed by atoms with E-state index in [0.717, 1.165) is 5.56 Å². The lowest BCUT2D eigenvalue weighted by molar-refractivity contribution is -0.150. The number of aliphatic carboxylic acids is 2. The highest BCUT2D eigenvalue weighted by molar-refractivity contribution is 6.31. The molecule has 9 nitrogen and oxygen atoms in total. The van der Waals surface area contributed by atoms with E-state index < -0.39 is 30.0 Å². The number of carboxylic acid groups (broad SMARTS) is 2. The summed E-state index contributed by atoms with van der Waals surface area (Å²) in [5.74, 6) is -4.25. The number of benzene rings is 1. The topological polar surface area (TPSA) is 142 Å². The molecule has 0 spiro atoms. The summed E-state index contributed by atoms with van der Waals surface area (Å²) in [5.41, 5.74) is 0.739. The first-order valence-corrected chi connectivity index (χ1v) is 6.61. The van der Waals surface area contributed by atoms with Crippen molar-refractivity contribution in [3.63, 3.8) is 0 Å². The molecule has 2 amide bonds. The highest BCUT2D eigenvalue weighted by Gasteiger charge is 2.21. The average molecular weight is 324 g/mol. The van der Waals surface area contributed by atoms with Crippen LogP contribution in [0.15, 0.2) is 30.3 Å². The smallest absolute Gasteiger partial charge is 0.408 e. The first-order chi connectivity index (χ1) is 10.9. The third-order valence-electron chi connectivity index (χ3n) is 2.72. The summed E-state index contributed by atoms with van der Waals surface area (Å²) in [6.07, 6.45) is -1.11. The second-order valence-electron chi connectivity index (χ2n) is 4.45. The van der Waals surface area contributed by atoms with Crippen LogP contribution >= 0.6 is 0 Å². The van der Waals surface area contributed by atoms with E-state index in [2.05, 4.69) is 5.32 Å². The number of alkyl carbamates (subject to hydrolysis) is 1. The van der Waals surface area contributed by atoms with Crippen molar-refractivity contribution in [1.82, 2.24) is 10.6 Å². The van der Waals surface area contributed by atoms with Crippen molar-refractivity contribution in [2.24, 2.45) is 0 Å². The largest absolute Gasteiger partial charge is 0.480 e. The van der Waals surface area contributed by atoms with Crippen LogP contribution in [-0.4, -0.2) is 46.7 Å². The number of carbonyl (C=O) groups excluding carboxylic acids is 2. The molecule has 124 valence electrons. The fraction of sp³-hybridized carbons (Fsp3) is 0.286. The van der Waals surface area contributed by atoms with E-state index in [1.165, 1.54) is 0 Å². The van der Waals surface area contributed by atoms with Crippen molar-refractivity contribution < 1.29 is 34.1 Å². The number of carbonyl (C=O) groups is 4. The van der Waals surface area contributed by atoms with Crippen LogP contribution in [0.2, 0.25) is 0 Å². The highest BCUT2D eigenvalue weighted by atomic mass is 16.5. The van der Waals surface area contributed by atoms with Gasteiger partial charge in [-0.3, -0.25) is 4.79 Å². The standard InChI is InChI=1S/C14H16N2O7/c17-11(13(20)21)15-7-6-10(12(18)19)16-14(22)23-8-9-4-2-1-3-5-9/h1-5,10H,6-8H2,(H,15,17)(H,16,22)(H,18,19)(H,20,21)/t10-/m0/s1. The summed E-state index contributed by atoms with van der Waals surface area (Å²) < 4.78 is 4.88. The molecular weight excluding hydrogens is 308 g/mol. The number of hydrogen-bond donors (Lipinski definition) is 4. The van der Waals surface area contributed by atoms with E-state index in [1.54, 1.807) is 30.3 Å². The Balaban J connectivity index is 2.39. The number of nitrogens with one attached hydrogen (secondary N) is 2. The van der Waals surface area contributed by atoms with Gasteiger partial charge in [-0.15, -0.1) is 0 Å². The lowest BCUT2D eigenvalue weighted by atomic mass is 10.2. The van der Waals surface area contributed by atoms with Gasteiger partial charge in [0.2, 0.25) is 0 Å². The molecule has 0 aliphatic heterocycles. The van der Waals surface area contributed by atoms with E-state index >= 15 is 0 Å². The number of carboxylic acids is 2. The number of rotatable bonds is 7. The van der Waals surface area contributed by atoms with Crippen LogP contribution in [-0.2, 0) is 25.7 Å². The van der Waals surface area contributed by atoms with Gasteiger partial charge >= 0.3 is 23.9 Å². The molecule has 0 bridgehead atoms. The Labute approximate surface area is 131 Å². The quantitative estimate of drug-likeness (QED) is 0.515. The summed E-state index contributed by atoms with van der Waals surface area (Å²) in [5, 5.41) is 21.5. The summed E-state index contributed by atoms with van der Waals surface area (Å²) in [7, 11) is 0. The summed E-state index contributed by atoms with van der Waals surface area (Å²) in [6.45, 7) is -0.240.